The van der Waals surface area contributed by atoms with Gasteiger partial charge in [-0.3, -0.25) is 0 Å². The van der Waals surface area contributed by atoms with Crippen molar-refractivity contribution in [1.82, 2.24) is 4.90 Å². The summed E-state index contributed by atoms with van der Waals surface area (Å²) in [4.78, 5) is 2.69. The Balaban J connectivity index is 1.67. The Morgan fingerprint density at radius 2 is 1.62 bits per heavy atom. The van der Waals surface area contributed by atoms with E-state index in [0.717, 1.165) is 23.3 Å². The minimum absolute atomic E-state index is 0.778. The van der Waals surface area contributed by atoms with Crippen molar-refractivity contribution >= 4 is 0 Å². The maximum atomic E-state index is 2.69. The van der Waals surface area contributed by atoms with Gasteiger partial charge in [-0.1, -0.05) is 0 Å². The van der Waals surface area contributed by atoms with Crippen LogP contribution >= 0.6 is 0 Å². The standard InChI is InChI=1S/C12H21N/c1-9(2)13-7-10-5-12(3-4-12)6-11(10)8-13/h9-11H,3-8H2,1-2H3/t10-,11+. The zero-order valence-electron chi connectivity index (χ0n) is 8.92. The molecule has 0 N–H and O–H groups in total. The van der Waals surface area contributed by atoms with Crippen LogP contribution in [0.3, 0.4) is 0 Å². The second kappa shape index (κ2) is 2.50. The van der Waals surface area contributed by atoms with Crippen LogP contribution in [0, 0.1) is 17.3 Å². The van der Waals surface area contributed by atoms with Gasteiger partial charge in [0.1, 0.15) is 0 Å². The van der Waals surface area contributed by atoms with E-state index >= 15 is 0 Å². The fourth-order valence-corrected chi connectivity index (χ4v) is 3.64. The van der Waals surface area contributed by atoms with Crippen LogP contribution in [-0.2, 0) is 0 Å². The van der Waals surface area contributed by atoms with Crippen LogP contribution in [0.25, 0.3) is 0 Å². The van der Waals surface area contributed by atoms with Crippen molar-refractivity contribution in [3.8, 4) is 0 Å². The van der Waals surface area contributed by atoms with E-state index in [-0.39, 0.29) is 0 Å². The van der Waals surface area contributed by atoms with E-state index < -0.39 is 0 Å². The van der Waals surface area contributed by atoms with Crippen LogP contribution in [0.1, 0.15) is 39.5 Å². The van der Waals surface area contributed by atoms with Crippen molar-refractivity contribution in [2.24, 2.45) is 17.3 Å². The lowest BCUT2D eigenvalue weighted by molar-refractivity contribution is 0.243. The summed E-state index contributed by atoms with van der Waals surface area (Å²) < 4.78 is 0. The van der Waals surface area contributed by atoms with Crippen LogP contribution in [0.2, 0.25) is 0 Å². The highest BCUT2D eigenvalue weighted by atomic mass is 15.2. The normalized spacial score (nSPS) is 41.8. The first-order chi connectivity index (χ1) is 6.19. The lowest BCUT2D eigenvalue weighted by atomic mass is 10.0. The first kappa shape index (κ1) is 8.28. The van der Waals surface area contributed by atoms with Crippen LogP contribution in [0.4, 0.5) is 0 Å². The topological polar surface area (TPSA) is 3.24 Å². The molecule has 3 aliphatic rings. The van der Waals surface area contributed by atoms with Gasteiger partial charge in [0.05, 0.1) is 0 Å². The summed E-state index contributed by atoms with van der Waals surface area (Å²) in [5.74, 6) is 2.15. The summed E-state index contributed by atoms with van der Waals surface area (Å²) in [6, 6.07) is 0.778. The fraction of sp³-hybridized carbons (Fsp3) is 1.00. The van der Waals surface area contributed by atoms with Gasteiger partial charge in [-0.2, -0.15) is 0 Å². The fourth-order valence-electron chi connectivity index (χ4n) is 3.64. The smallest absolute Gasteiger partial charge is 0.00388 e. The van der Waals surface area contributed by atoms with Crippen LogP contribution in [0.5, 0.6) is 0 Å². The van der Waals surface area contributed by atoms with Gasteiger partial charge >= 0.3 is 0 Å². The minimum atomic E-state index is 0.778. The second-order valence-electron chi connectivity index (χ2n) is 5.98. The number of likely N-dealkylation sites (tertiary alicyclic amines) is 1. The van der Waals surface area contributed by atoms with E-state index in [0.29, 0.717) is 0 Å². The largest absolute Gasteiger partial charge is 0.300 e. The lowest BCUT2D eigenvalue weighted by Crippen LogP contribution is -2.29. The minimum Gasteiger partial charge on any atom is -0.300 e. The highest BCUT2D eigenvalue weighted by Crippen LogP contribution is 2.63. The van der Waals surface area contributed by atoms with Crippen molar-refractivity contribution in [2.45, 2.75) is 45.6 Å². The first-order valence-electron chi connectivity index (χ1n) is 5.93. The van der Waals surface area contributed by atoms with E-state index in [2.05, 4.69) is 18.7 Å². The summed E-state index contributed by atoms with van der Waals surface area (Å²) >= 11 is 0. The predicted molar refractivity (Wildman–Crippen MR) is 54.6 cm³/mol. The Labute approximate surface area is 81.5 Å². The molecular weight excluding hydrogens is 158 g/mol. The Morgan fingerprint density at radius 3 is 2.00 bits per heavy atom. The number of hydrogen-bond donors (Lipinski definition) is 0. The summed E-state index contributed by atoms with van der Waals surface area (Å²) in [7, 11) is 0. The Kier molecular flexibility index (Phi) is 1.59. The molecule has 0 unspecified atom stereocenters. The second-order valence-corrected chi connectivity index (χ2v) is 5.98. The Bertz CT molecular complexity index is 201. The molecule has 2 atom stereocenters. The molecule has 3 rings (SSSR count). The third kappa shape index (κ3) is 1.24. The summed E-state index contributed by atoms with van der Waals surface area (Å²) in [5.41, 5.74) is 0.887. The number of rotatable bonds is 1. The zero-order valence-corrected chi connectivity index (χ0v) is 8.92. The quantitative estimate of drug-likeness (QED) is 0.598. The average molecular weight is 179 g/mol. The summed E-state index contributed by atoms with van der Waals surface area (Å²) in [6.07, 6.45) is 6.26. The molecule has 2 aliphatic carbocycles. The number of hydrogen-bond acceptors (Lipinski definition) is 1. The molecule has 1 heterocycles. The van der Waals surface area contributed by atoms with E-state index in [1.807, 2.05) is 0 Å². The third-order valence-electron chi connectivity index (χ3n) is 4.68. The maximum Gasteiger partial charge on any atom is 0.00388 e. The van der Waals surface area contributed by atoms with Crippen LogP contribution in [0.15, 0.2) is 0 Å². The molecule has 0 amide bonds. The molecular formula is C12H21N. The molecule has 1 heteroatoms. The van der Waals surface area contributed by atoms with Crippen molar-refractivity contribution < 1.29 is 0 Å². The zero-order chi connectivity index (χ0) is 9.05. The van der Waals surface area contributed by atoms with Crippen molar-refractivity contribution in [1.29, 1.82) is 0 Å². The SMILES string of the molecule is CC(C)N1C[C@@H]2CC3(CC3)C[C@@H]2C1. The van der Waals surface area contributed by atoms with E-state index in [1.165, 1.54) is 13.1 Å². The van der Waals surface area contributed by atoms with E-state index in [1.54, 1.807) is 25.7 Å². The van der Waals surface area contributed by atoms with Crippen molar-refractivity contribution in [2.75, 3.05) is 13.1 Å². The molecule has 74 valence electrons. The Morgan fingerprint density at radius 1 is 1.08 bits per heavy atom. The molecule has 0 aromatic heterocycles. The average Bonchev–Trinajstić information content (AvgIpc) is 2.49. The van der Waals surface area contributed by atoms with Crippen molar-refractivity contribution in [3.05, 3.63) is 0 Å². The monoisotopic (exact) mass is 179 g/mol. The van der Waals surface area contributed by atoms with E-state index in [4.69, 9.17) is 0 Å². The highest BCUT2D eigenvalue weighted by molar-refractivity contribution is 5.06. The van der Waals surface area contributed by atoms with Gasteiger partial charge in [-0.15, -0.1) is 0 Å². The molecule has 2 saturated carbocycles. The molecule has 13 heavy (non-hydrogen) atoms. The molecule has 1 nitrogen and oxygen atoms in total. The van der Waals surface area contributed by atoms with Crippen LogP contribution in [-0.4, -0.2) is 24.0 Å². The number of fused-ring (bicyclic) bond motifs is 1. The first-order valence-corrected chi connectivity index (χ1v) is 5.93. The van der Waals surface area contributed by atoms with Crippen LogP contribution < -0.4 is 0 Å². The third-order valence-corrected chi connectivity index (χ3v) is 4.68. The molecule has 1 spiro atoms. The van der Waals surface area contributed by atoms with Gasteiger partial charge in [-0.25, -0.2) is 0 Å². The number of nitrogens with zero attached hydrogens (tertiary/aromatic N) is 1. The van der Waals surface area contributed by atoms with Gasteiger partial charge in [0.25, 0.3) is 0 Å². The molecule has 0 radical (unpaired) electrons. The maximum absolute atomic E-state index is 2.69. The highest BCUT2D eigenvalue weighted by Gasteiger charge is 2.54. The molecule has 0 bridgehead atoms. The lowest BCUT2D eigenvalue weighted by Gasteiger charge is -2.22. The summed E-state index contributed by atoms with van der Waals surface area (Å²) in [6.45, 7) is 7.50. The van der Waals surface area contributed by atoms with Gasteiger partial charge in [0.15, 0.2) is 0 Å². The predicted octanol–water partition coefficient (Wildman–Crippen LogP) is 2.52. The van der Waals surface area contributed by atoms with Crippen molar-refractivity contribution in [3.63, 3.8) is 0 Å². The van der Waals surface area contributed by atoms with E-state index in [9.17, 15) is 0 Å². The molecule has 3 fully saturated rings. The van der Waals surface area contributed by atoms with Gasteiger partial charge in [0.2, 0.25) is 0 Å². The van der Waals surface area contributed by atoms with Gasteiger partial charge in [0, 0.05) is 19.1 Å². The molecule has 1 aliphatic heterocycles. The Hall–Kier alpha value is -0.0400. The van der Waals surface area contributed by atoms with Gasteiger partial charge < -0.3 is 4.90 Å². The van der Waals surface area contributed by atoms with Gasteiger partial charge in [-0.05, 0) is 56.8 Å². The molecule has 0 aromatic carbocycles. The molecule has 1 saturated heterocycles. The molecule has 0 aromatic rings. The summed E-state index contributed by atoms with van der Waals surface area (Å²) in [5, 5.41) is 0.